The Balaban J connectivity index is 1.68. The van der Waals surface area contributed by atoms with Gasteiger partial charge in [-0.3, -0.25) is 4.98 Å². The van der Waals surface area contributed by atoms with Crippen LogP contribution in [0.4, 0.5) is 0 Å². The SMILES string of the molecule is CC(C)(C)c1cc2c(cn1)n1c3c4c(c5c(cc4cc[n+]23)C2CCC5C2)C1(C)C. The summed E-state index contributed by atoms with van der Waals surface area (Å²) < 4.78 is 5.00. The van der Waals surface area contributed by atoms with Crippen molar-refractivity contribution in [1.82, 2.24) is 9.55 Å². The first-order valence-electron chi connectivity index (χ1n) is 11.1. The summed E-state index contributed by atoms with van der Waals surface area (Å²) in [6.07, 6.45) is 8.54. The van der Waals surface area contributed by atoms with Gasteiger partial charge in [-0.1, -0.05) is 26.8 Å². The fourth-order valence-electron chi connectivity index (χ4n) is 6.82. The van der Waals surface area contributed by atoms with Crippen LogP contribution in [0.5, 0.6) is 0 Å². The van der Waals surface area contributed by atoms with Gasteiger partial charge in [0, 0.05) is 17.0 Å². The van der Waals surface area contributed by atoms with E-state index in [2.05, 4.69) is 74.2 Å². The minimum absolute atomic E-state index is 0.0459. The number of hydrogen-bond donors (Lipinski definition) is 0. The predicted octanol–water partition coefficient (Wildman–Crippen LogP) is 5.69. The second-order valence-electron chi connectivity index (χ2n) is 11.1. The van der Waals surface area contributed by atoms with Crippen molar-refractivity contribution in [3.05, 3.63) is 53.0 Å². The van der Waals surface area contributed by atoms with E-state index in [0.29, 0.717) is 0 Å². The number of pyridine rings is 2. The van der Waals surface area contributed by atoms with Crippen molar-refractivity contribution in [3.63, 3.8) is 0 Å². The van der Waals surface area contributed by atoms with Gasteiger partial charge in [-0.05, 0) is 67.5 Å². The third-order valence-electron chi connectivity index (χ3n) is 8.08. The molecule has 4 heterocycles. The number of fused-ring (bicyclic) bond motifs is 9. The van der Waals surface area contributed by atoms with Crippen molar-refractivity contribution < 1.29 is 4.40 Å². The molecule has 29 heavy (non-hydrogen) atoms. The normalized spacial score (nSPS) is 23.9. The summed E-state index contributed by atoms with van der Waals surface area (Å²) in [6.45, 7) is 11.6. The molecule has 2 aliphatic carbocycles. The molecule has 1 aromatic carbocycles. The first-order valence-corrected chi connectivity index (χ1v) is 11.1. The van der Waals surface area contributed by atoms with Gasteiger partial charge in [0.1, 0.15) is 5.54 Å². The van der Waals surface area contributed by atoms with Crippen LogP contribution in [0.1, 0.15) is 88.1 Å². The molecule has 1 fully saturated rings. The number of benzene rings is 1. The lowest BCUT2D eigenvalue weighted by molar-refractivity contribution is -0.480. The highest BCUT2D eigenvalue weighted by Gasteiger charge is 2.49. The smallest absolute Gasteiger partial charge is 0.256 e. The maximum Gasteiger partial charge on any atom is 0.296 e. The topological polar surface area (TPSA) is 21.9 Å². The second kappa shape index (κ2) is 4.66. The van der Waals surface area contributed by atoms with Crippen molar-refractivity contribution in [1.29, 1.82) is 0 Å². The number of aromatic nitrogens is 3. The molecular weight excluding hydrogens is 354 g/mol. The second-order valence-corrected chi connectivity index (χ2v) is 11.1. The lowest BCUT2D eigenvalue weighted by atomic mass is 9.80. The maximum atomic E-state index is 4.90. The average Bonchev–Trinajstić information content (AvgIpc) is 3.40. The Morgan fingerprint density at radius 1 is 1.14 bits per heavy atom. The van der Waals surface area contributed by atoms with E-state index in [1.54, 1.807) is 16.7 Å². The first-order chi connectivity index (χ1) is 13.8. The van der Waals surface area contributed by atoms with E-state index >= 15 is 0 Å². The minimum atomic E-state index is -0.0459. The van der Waals surface area contributed by atoms with Gasteiger partial charge in [-0.25, -0.2) is 4.57 Å². The van der Waals surface area contributed by atoms with Crippen molar-refractivity contribution in [3.8, 4) is 0 Å². The van der Waals surface area contributed by atoms with Crippen LogP contribution in [0.25, 0.3) is 27.5 Å². The molecule has 0 spiro atoms. The lowest BCUT2D eigenvalue weighted by Crippen LogP contribution is -2.26. The highest BCUT2D eigenvalue weighted by molar-refractivity contribution is 6.02. The maximum absolute atomic E-state index is 4.90. The zero-order valence-corrected chi connectivity index (χ0v) is 18.0. The zero-order chi connectivity index (χ0) is 19.9. The molecule has 146 valence electrons. The minimum Gasteiger partial charge on any atom is -0.256 e. The molecule has 0 N–H and O–H groups in total. The number of hydrogen-bond acceptors (Lipinski definition) is 1. The molecule has 0 saturated heterocycles. The Bertz CT molecular complexity index is 1400. The molecule has 3 nitrogen and oxygen atoms in total. The van der Waals surface area contributed by atoms with E-state index in [-0.39, 0.29) is 11.0 Å². The molecule has 2 atom stereocenters. The largest absolute Gasteiger partial charge is 0.296 e. The van der Waals surface area contributed by atoms with Gasteiger partial charge >= 0.3 is 0 Å². The van der Waals surface area contributed by atoms with Crippen LogP contribution in [0.15, 0.2) is 30.6 Å². The number of nitrogens with zero attached hydrogens (tertiary/aromatic N) is 3. The Labute approximate surface area is 171 Å². The summed E-state index contributed by atoms with van der Waals surface area (Å²) in [5, 5.41) is 2.90. The summed E-state index contributed by atoms with van der Waals surface area (Å²) in [4.78, 5) is 4.90. The van der Waals surface area contributed by atoms with Crippen LogP contribution >= 0.6 is 0 Å². The van der Waals surface area contributed by atoms with Gasteiger partial charge in [-0.2, -0.15) is 4.40 Å². The van der Waals surface area contributed by atoms with Gasteiger partial charge in [0.25, 0.3) is 5.65 Å². The van der Waals surface area contributed by atoms with E-state index in [1.807, 2.05) is 0 Å². The molecule has 2 unspecified atom stereocenters. The molecular formula is C26H28N3+. The highest BCUT2D eigenvalue weighted by Crippen LogP contribution is 2.59. The Kier molecular flexibility index (Phi) is 2.63. The molecule has 1 saturated carbocycles. The van der Waals surface area contributed by atoms with E-state index in [1.165, 1.54) is 46.7 Å². The number of rotatable bonds is 0. The Morgan fingerprint density at radius 2 is 1.93 bits per heavy atom. The number of imidazole rings is 1. The summed E-state index contributed by atoms with van der Waals surface area (Å²) in [6, 6.07) is 7.18. The van der Waals surface area contributed by atoms with Crippen LogP contribution in [-0.2, 0) is 11.0 Å². The van der Waals surface area contributed by atoms with Gasteiger partial charge in [0.05, 0.1) is 23.5 Å². The zero-order valence-electron chi connectivity index (χ0n) is 18.0. The summed E-state index contributed by atoms with van der Waals surface area (Å²) in [5.74, 6) is 1.57. The molecule has 0 amide bonds. The summed E-state index contributed by atoms with van der Waals surface area (Å²) >= 11 is 0. The quantitative estimate of drug-likeness (QED) is 0.358. The van der Waals surface area contributed by atoms with Crippen LogP contribution < -0.4 is 4.40 Å². The van der Waals surface area contributed by atoms with Crippen molar-refractivity contribution >= 4 is 27.5 Å². The molecule has 3 aromatic heterocycles. The summed E-state index contributed by atoms with van der Waals surface area (Å²) in [7, 11) is 0. The van der Waals surface area contributed by atoms with Gasteiger partial charge in [-0.15, -0.1) is 0 Å². The van der Waals surface area contributed by atoms with E-state index in [9.17, 15) is 0 Å². The fraction of sp³-hybridized carbons (Fsp3) is 0.462. The predicted molar refractivity (Wildman–Crippen MR) is 117 cm³/mol. The third kappa shape index (κ3) is 1.73. The van der Waals surface area contributed by atoms with Gasteiger partial charge < -0.3 is 0 Å². The third-order valence-corrected chi connectivity index (χ3v) is 8.08. The highest BCUT2D eigenvalue weighted by atomic mass is 15.2. The fourth-order valence-corrected chi connectivity index (χ4v) is 6.82. The molecule has 4 aromatic rings. The first kappa shape index (κ1) is 16.4. The summed E-state index contributed by atoms with van der Waals surface area (Å²) in [5.41, 5.74) is 10.0. The van der Waals surface area contributed by atoms with Crippen molar-refractivity contribution in [2.45, 2.75) is 76.7 Å². The van der Waals surface area contributed by atoms with Gasteiger partial charge in [0.2, 0.25) is 0 Å². The van der Waals surface area contributed by atoms with Crippen molar-refractivity contribution in [2.24, 2.45) is 0 Å². The molecule has 1 aliphatic heterocycles. The molecule has 7 rings (SSSR count). The molecule has 3 aliphatic rings. The van der Waals surface area contributed by atoms with Crippen LogP contribution in [0.3, 0.4) is 0 Å². The molecule has 3 heteroatoms. The van der Waals surface area contributed by atoms with Crippen LogP contribution in [0, 0.1) is 0 Å². The molecule has 2 bridgehead atoms. The van der Waals surface area contributed by atoms with Crippen LogP contribution in [0.2, 0.25) is 0 Å². The van der Waals surface area contributed by atoms with E-state index in [0.717, 1.165) is 17.5 Å². The van der Waals surface area contributed by atoms with Gasteiger partial charge in [0.15, 0.2) is 11.0 Å². The van der Waals surface area contributed by atoms with Crippen molar-refractivity contribution in [2.75, 3.05) is 0 Å². The average molecular weight is 383 g/mol. The molecule has 0 radical (unpaired) electrons. The lowest BCUT2D eigenvalue weighted by Gasteiger charge is -2.26. The standard InChI is InChI=1S/C26H28N3/c1-25(2,3)20-12-18-19(13-27-20)29-24-22-16(8-9-28(18)24)11-17-14-6-7-15(10-14)21(17)23(22)26(29,4)5/h8-9,11-15H,6-7,10H2,1-5H3/q+1. The van der Waals surface area contributed by atoms with E-state index in [4.69, 9.17) is 4.98 Å². The van der Waals surface area contributed by atoms with Crippen LogP contribution in [-0.4, -0.2) is 9.55 Å². The Morgan fingerprint density at radius 3 is 2.72 bits per heavy atom. The Hall–Kier alpha value is -2.42. The van der Waals surface area contributed by atoms with E-state index < -0.39 is 0 Å². The monoisotopic (exact) mass is 382 g/mol.